The first-order valence-corrected chi connectivity index (χ1v) is 7.73. The van der Waals surface area contributed by atoms with E-state index in [1.807, 2.05) is 24.3 Å². The number of nitrogens with one attached hydrogen (secondary N) is 1. The molecule has 1 aliphatic rings. The van der Waals surface area contributed by atoms with Crippen molar-refractivity contribution in [3.8, 4) is 0 Å². The Bertz CT molecular complexity index is 651. The number of hydrogen-bond donors (Lipinski definition) is 2. The van der Waals surface area contributed by atoms with E-state index in [1.54, 1.807) is 20.8 Å². The Morgan fingerprint density at radius 2 is 1.88 bits per heavy atom. The monoisotopic (exact) mass is 334 g/mol. The molecule has 0 bridgehead atoms. The largest absolute Gasteiger partial charge is 0.480 e. The van der Waals surface area contributed by atoms with Crippen molar-refractivity contribution in [2.75, 3.05) is 6.54 Å². The third-order valence-electron chi connectivity index (χ3n) is 3.59. The van der Waals surface area contributed by atoms with E-state index in [-0.39, 0.29) is 6.54 Å². The lowest BCUT2D eigenvalue weighted by atomic mass is 9.94. The van der Waals surface area contributed by atoms with Crippen LogP contribution in [0.15, 0.2) is 24.3 Å². The van der Waals surface area contributed by atoms with E-state index >= 15 is 0 Å². The lowest BCUT2D eigenvalue weighted by Crippen LogP contribution is -2.54. The Morgan fingerprint density at radius 1 is 1.25 bits per heavy atom. The number of ether oxygens (including phenoxy) is 1. The van der Waals surface area contributed by atoms with Crippen molar-refractivity contribution in [3.05, 3.63) is 35.4 Å². The Morgan fingerprint density at radius 3 is 2.46 bits per heavy atom. The molecule has 24 heavy (non-hydrogen) atoms. The van der Waals surface area contributed by atoms with Gasteiger partial charge in [-0.05, 0) is 31.9 Å². The van der Waals surface area contributed by atoms with Crippen LogP contribution in [0.5, 0.6) is 0 Å². The van der Waals surface area contributed by atoms with Crippen molar-refractivity contribution in [3.63, 3.8) is 0 Å². The van der Waals surface area contributed by atoms with E-state index in [0.717, 1.165) is 11.1 Å². The van der Waals surface area contributed by atoms with Gasteiger partial charge < -0.3 is 15.2 Å². The van der Waals surface area contributed by atoms with E-state index in [2.05, 4.69) is 5.32 Å². The fourth-order valence-electron chi connectivity index (χ4n) is 2.55. The van der Waals surface area contributed by atoms with Gasteiger partial charge in [0.25, 0.3) is 0 Å². The van der Waals surface area contributed by atoms with Gasteiger partial charge in [0.15, 0.2) is 0 Å². The maximum Gasteiger partial charge on any atom is 0.411 e. The van der Waals surface area contributed by atoms with Crippen LogP contribution in [0.25, 0.3) is 0 Å². The van der Waals surface area contributed by atoms with Gasteiger partial charge in [0, 0.05) is 6.42 Å². The predicted octanol–water partition coefficient (Wildman–Crippen LogP) is 1.55. The molecule has 1 aliphatic heterocycles. The molecule has 130 valence electrons. The van der Waals surface area contributed by atoms with Gasteiger partial charge in [0.1, 0.15) is 18.2 Å². The van der Waals surface area contributed by atoms with Crippen LogP contribution in [0, 0.1) is 0 Å². The number of rotatable bonds is 3. The molecule has 1 aromatic carbocycles. The molecule has 0 aliphatic carbocycles. The average Bonchev–Trinajstić information content (AvgIpc) is 2.49. The van der Waals surface area contributed by atoms with E-state index in [4.69, 9.17) is 9.84 Å². The van der Waals surface area contributed by atoms with Crippen LogP contribution in [0.4, 0.5) is 4.79 Å². The zero-order valence-electron chi connectivity index (χ0n) is 14.0. The van der Waals surface area contributed by atoms with E-state index in [9.17, 15) is 14.4 Å². The smallest absolute Gasteiger partial charge is 0.411 e. The highest BCUT2D eigenvalue weighted by Crippen LogP contribution is 2.25. The van der Waals surface area contributed by atoms with Crippen molar-refractivity contribution in [2.24, 2.45) is 0 Å². The molecule has 0 aromatic heterocycles. The van der Waals surface area contributed by atoms with Gasteiger partial charge in [-0.3, -0.25) is 14.5 Å². The topological polar surface area (TPSA) is 95.9 Å². The fourth-order valence-corrected chi connectivity index (χ4v) is 2.55. The third kappa shape index (κ3) is 4.47. The van der Waals surface area contributed by atoms with E-state index < -0.39 is 36.2 Å². The molecule has 0 fully saturated rings. The van der Waals surface area contributed by atoms with Gasteiger partial charge >= 0.3 is 12.1 Å². The molecule has 0 saturated carbocycles. The summed E-state index contributed by atoms with van der Waals surface area (Å²) in [6, 6.07) is 6.75. The van der Waals surface area contributed by atoms with Crippen LogP contribution >= 0.6 is 0 Å². The Hall–Kier alpha value is -2.57. The van der Waals surface area contributed by atoms with Gasteiger partial charge in [0.2, 0.25) is 5.91 Å². The lowest BCUT2D eigenvalue weighted by Gasteiger charge is -2.36. The summed E-state index contributed by atoms with van der Waals surface area (Å²) in [7, 11) is 0. The number of hydrogen-bond acceptors (Lipinski definition) is 4. The van der Waals surface area contributed by atoms with Gasteiger partial charge in [-0.15, -0.1) is 0 Å². The Labute approximate surface area is 140 Å². The predicted molar refractivity (Wildman–Crippen MR) is 86.4 cm³/mol. The van der Waals surface area contributed by atoms with Crippen molar-refractivity contribution < 1.29 is 24.2 Å². The minimum atomic E-state index is -1.14. The highest BCUT2D eigenvalue weighted by molar-refractivity contribution is 5.88. The molecular weight excluding hydrogens is 312 g/mol. The van der Waals surface area contributed by atoms with Crippen LogP contribution in [-0.4, -0.2) is 46.2 Å². The number of aliphatic carboxylic acids is 1. The Kier molecular flexibility index (Phi) is 5.11. The van der Waals surface area contributed by atoms with Gasteiger partial charge in [-0.2, -0.15) is 0 Å². The molecule has 7 heteroatoms. The summed E-state index contributed by atoms with van der Waals surface area (Å²) in [4.78, 5) is 36.9. The van der Waals surface area contributed by atoms with Crippen LogP contribution < -0.4 is 5.32 Å². The van der Waals surface area contributed by atoms with Crippen LogP contribution in [0.3, 0.4) is 0 Å². The SMILES string of the molecule is CC(C)(C)OC(=O)N1Cc2ccccc2C[C@@H]1C(=O)NCC(=O)O. The average molecular weight is 334 g/mol. The Balaban J connectivity index is 2.24. The first-order chi connectivity index (χ1) is 11.2. The summed E-state index contributed by atoms with van der Waals surface area (Å²) in [6.07, 6.45) is -0.270. The van der Waals surface area contributed by atoms with Crippen molar-refractivity contribution in [2.45, 2.75) is 45.4 Å². The zero-order valence-corrected chi connectivity index (χ0v) is 14.0. The maximum absolute atomic E-state index is 12.5. The number of amides is 2. The first kappa shape index (κ1) is 17.8. The highest BCUT2D eigenvalue weighted by atomic mass is 16.6. The van der Waals surface area contributed by atoms with Gasteiger partial charge in [-0.1, -0.05) is 24.3 Å². The number of fused-ring (bicyclic) bond motifs is 1. The number of carbonyl (C=O) groups is 3. The first-order valence-electron chi connectivity index (χ1n) is 7.73. The van der Waals surface area contributed by atoms with Crippen molar-refractivity contribution in [1.29, 1.82) is 0 Å². The lowest BCUT2D eigenvalue weighted by molar-refractivity contribution is -0.138. The second-order valence-electron chi connectivity index (χ2n) is 6.71. The number of benzene rings is 1. The molecule has 7 nitrogen and oxygen atoms in total. The molecule has 2 rings (SSSR count). The molecule has 1 atom stereocenters. The van der Waals surface area contributed by atoms with Crippen LogP contribution in [-0.2, 0) is 27.3 Å². The summed E-state index contributed by atoms with van der Waals surface area (Å²) in [5.41, 5.74) is 1.23. The van der Waals surface area contributed by atoms with Crippen LogP contribution in [0.2, 0.25) is 0 Å². The van der Waals surface area contributed by atoms with Crippen LogP contribution in [0.1, 0.15) is 31.9 Å². The quantitative estimate of drug-likeness (QED) is 0.874. The molecule has 1 heterocycles. The molecule has 1 aromatic rings. The molecule has 0 saturated heterocycles. The normalized spacial score (nSPS) is 17.0. The number of carboxylic acids is 1. The summed E-state index contributed by atoms with van der Waals surface area (Å²) in [5.74, 6) is -1.64. The molecule has 0 radical (unpaired) electrons. The zero-order chi connectivity index (χ0) is 17.9. The minimum absolute atomic E-state index is 0.246. The summed E-state index contributed by atoms with van der Waals surface area (Å²) >= 11 is 0. The standard InChI is InChI=1S/C17H22N2O5/c1-17(2,3)24-16(23)19-10-12-7-5-4-6-11(12)8-13(19)15(22)18-9-14(20)21/h4-7,13H,8-10H2,1-3H3,(H,18,22)(H,20,21)/t13-/m1/s1. The minimum Gasteiger partial charge on any atom is -0.480 e. The summed E-state index contributed by atoms with van der Waals surface area (Å²) in [6.45, 7) is 5.02. The molecule has 2 amide bonds. The summed E-state index contributed by atoms with van der Waals surface area (Å²) in [5, 5.41) is 11.1. The molecular formula is C17H22N2O5. The second-order valence-corrected chi connectivity index (χ2v) is 6.71. The summed E-state index contributed by atoms with van der Waals surface area (Å²) < 4.78 is 5.39. The van der Waals surface area contributed by atoms with Crippen molar-refractivity contribution >= 4 is 18.0 Å². The number of nitrogens with zero attached hydrogens (tertiary/aromatic N) is 1. The molecule has 0 spiro atoms. The second kappa shape index (κ2) is 6.90. The molecule has 2 N–H and O–H groups in total. The third-order valence-corrected chi connectivity index (χ3v) is 3.59. The maximum atomic E-state index is 12.5. The molecule has 0 unspecified atom stereocenters. The van der Waals surface area contributed by atoms with E-state index in [0.29, 0.717) is 6.42 Å². The van der Waals surface area contributed by atoms with Gasteiger partial charge in [0.05, 0.1) is 6.54 Å². The van der Waals surface area contributed by atoms with E-state index in [1.165, 1.54) is 4.90 Å². The van der Waals surface area contributed by atoms with Gasteiger partial charge in [-0.25, -0.2) is 4.79 Å². The highest BCUT2D eigenvalue weighted by Gasteiger charge is 2.36. The fraction of sp³-hybridized carbons (Fsp3) is 0.471. The van der Waals surface area contributed by atoms with Crippen molar-refractivity contribution in [1.82, 2.24) is 10.2 Å². The number of carboxylic acid groups (broad SMARTS) is 1. The number of carbonyl (C=O) groups excluding carboxylic acids is 2.